The van der Waals surface area contributed by atoms with Gasteiger partial charge in [-0.1, -0.05) is 12.1 Å². The van der Waals surface area contributed by atoms with Crippen LogP contribution in [0.25, 0.3) is 0 Å². The first-order valence-electron chi connectivity index (χ1n) is 8.38. The van der Waals surface area contributed by atoms with Crippen molar-refractivity contribution >= 4 is 23.4 Å². The Bertz CT molecular complexity index is 745. The molecule has 0 unspecified atom stereocenters. The van der Waals surface area contributed by atoms with Crippen LogP contribution in [0.15, 0.2) is 36.5 Å². The number of hydrogen-bond acceptors (Lipinski definition) is 5. The lowest BCUT2D eigenvalue weighted by atomic mass is 10.1. The van der Waals surface area contributed by atoms with Gasteiger partial charge in [0.05, 0.1) is 7.11 Å². The van der Waals surface area contributed by atoms with Gasteiger partial charge in [-0.25, -0.2) is 4.98 Å². The standard InChI is InChI=1S/C19H23N3O2S/c1-14-15(13-22-9-11-25-12-10-22)5-3-7-17(14)21-18(23)16-6-4-8-20-19(16)24-2/h3-8H,9-13H2,1-2H3,(H,21,23). The van der Waals surface area contributed by atoms with Crippen LogP contribution in [0.4, 0.5) is 5.69 Å². The van der Waals surface area contributed by atoms with E-state index >= 15 is 0 Å². The van der Waals surface area contributed by atoms with Crippen molar-refractivity contribution in [1.82, 2.24) is 9.88 Å². The summed E-state index contributed by atoms with van der Waals surface area (Å²) in [6, 6.07) is 9.51. The average Bonchev–Trinajstić information content (AvgIpc) is 2.65. The topological polar surface area (TPSA) is 54.5 Å². The fourth-order valence-corrected chi connectivity index (χ4v) is 3.89. The summed E-state index contributed by atoms with van der Waals surface area (Å²) in [6.45, 7) is 5.22. The van der Waals surface area contributed by atoms with E-state index in [-0.39, 0.29) is 5.91 Å². The highest BCUT2D eigenvalue weighted by atomic mass is 32.2. The lowest BCUT2D eigenvalue weighted by molar-refractivity contribution is 0.102. The highest BCUT2D eigenvalue weighted by Crippen LogP contribution is 2.23. The van der Waals surface area contributed by atoms with Crippen molar-refractivity contribution in [2.45, 2.75) is 13.5 Å². The predicted molar refractivity (Wildman–Crippen MR) is 103 cm³/mol. The number of nitrogens with one attached hydrogen (secondary N) is 1. The molecule has 2 heterocycles. The Hall–Kier alpha value is -2.05. The summed E-state index contributed by atoms with van der Waals surface area (Å²) < 4.78 is 5.18. The first-order chi connectivity index (χ1) is 12.2. The fraction of sp³-hybridized carbons (Fsp3) is 0.368. The van der Waals surface area contributed by atoms with Crippen molar-refractivity contribution < 1.29 is 9.53 Å². The van der Waals surface area contributed by atoms with E-state index in [0.29, 0.717) is 11.4 Å². The number of thioether (sulfide) groups is 1. The van der Waals surface area contributed by atoms with Crippen LogP contribution in [0, 0.1) is 6.92 Å². The molecular formula is C19H23N3O2S. The molecule has 3 rings (SSSR count). The number of amides is 1. The minimum Gasteiger partial charge on any atom is -0.480 e. The van der Waals surface area contributed by atoms with Crippen LogP contribution in [-0.4, -0.2) is 47.5 Å². The van der Waals surface area contributed by atoms with Gasteiger partial charge < -0.3 is 10.1 Å². The van der Waals surface area contributed by atoms with E-state index in [1.165, 1.54) is 24.2 Å². The Labute approximate surface area is 152 Å². The van der Waals surface area contributed by atoms with E-state index in [1.807, 2.05) is 23.9 Å². The van der Waals surface area contributed by atoms with Gasteiger partial charge in [-0.2, -0.15) is 11.8 Å². The minimum atomic E-state index is -0.209. The number of carbonyl (C=O) groups is 1. The van der Waals surface area contributed by atoms with Crippen LogP contribution >= 0.6 is 11.8 Å². The summed E-state index contributed by atoms with van der Waals surface area (Å²) in [6.07, 6.45) is 1.61. The van der Waals surface area contributed by atoms with Gasteiger partial charge in [0.15, 0.2) is 0 Å². The Balaban J connectivity index is 1.76. The molecule has 1 N–H and O–H groups in total. The maximum absolute atomic E-state index is 12.6. The summed E-state index contributed by atoms with van der Waals surface area (Å²) in [5, 5.41) is 3.00. The van der Waals surface area contributed by atoms with E-state index in [2.05, 4.69) is 28.2 Å². The van der Waals surface area contributed by atoms with E-state index in [9.17, 15) is 4.79 Å². The van der Waals surface area contributed by atoms with E-state index < -0.39 is 0 Å². The summed E-state index contributed by atoms with van der Waals surface area (Å²) in [7, 11) is 1.52. The summed E-state index contributed by atoms with van der Waals surface area (Å²) >= 11 is 2.01. The maximum atomic E-state index is 12.6. The van der Waals surface area contributed by atoms with Crippen LogP contribution < -0.4 is 10.1 Å². The smallest absolute Gasteiger partial charge is 0.261 e. The maximum Gasteiger partial charge on any atom is 0.261 e. The third-order valence-electron chi connectivity index (χ3n) is 4.40. The van der Waals surface area contributed by atoms with E-state index in [4.69, 9.17) is 4.74 Å². The molecule has 0 aliphatic carbocycles. The highest BCUT2D eigenvalue weighted by molar-refractivity contribution is 7.99. The molecule has 1 aromatic carbocycles. The largest absolute Gasteiger partial charge is 0.480 e. The molecule has 0 spiro atoms. The van der Waals surface area contributed by atoms with Gasteiger partial charge in [0, 0.05) is 43.0 Å². The van der Waals surface area contributed by atoms with Crippen molar-refractivity contribution in [3.63, 3.8) is 0 Å². The molecule has 1 aromatic heterocycles. The number of anilines is 1. The molecule has 1 aliphatic rings. The molecule has 0 saturated carbocycles. The van der Waals surface area contributed by atoms with Crippen molar-refractivity contribution in [3.05, 3.63) is 53.2 Å². The quantitative estimate of drug-likeness (QED) is 0.891. The number of rotatable bonds is 5. The number of carbonyl (C=O) groups excluding carboxylic acids is 1. The zero-order chi connectivity index (χ0) is 17.6. The van der Waals surface area contributed by atoms with Crippen LogP contribution in [0.3, 0.4) is 0 Å². The van der Waals surface area contributed by atoms with E-state index in [0.717, 1.165) is 30.9 Å². The number of pyridine rings is 1. The molecule has 2 aromatic rings. The predicted octanol–water partition coefficient (Wildman–Crippen LogP) is 3.20. The second kappa shape index (κ2) is 8.36. The molecule has 132 valence electrons. The van der Waals surface area contributed by atoms with E-state index in [1.54, 1.807) is 18.3 Å². The number of methoxy groups -OCH3 is 1. The zero-order valence-corrected chi connectivity index (χ0v) is 15.4. The molecular weight excluding hydrogens is 334 g/mol. The number of nitrogens with zero attached hydrogens (tertiary/aromatic N) is 2. The van der Waals surface area contributed by atoms with Crippen molar-refractivity contribution in [2.24, 2.45) is 0 Å². The Morgan fingerprint density at radius 3 is 2.84 bits per heavy atom. The Morgan fingerprint density at radius 1 is 1.28 bits per heavy atom. The van der Waals surface area contributed by atoms with Crippen molar-refractivity contribution in [3.8, 4) is 5.88 Å². The summed E-state index contributed by atoms with van der Waals surface area (Å²) in [4.78, 5) is 19.2. The van der Waals surface area contributed by atoms with Crippen molar-refractivity contribution in [2.75, 3.05) is 37.0 Å². The molecule has 25 heavy (non-hydrogen) atoms. The second-order valence-electron chi connectivity index (χ2n) is 5.99. The molecule has 1 aliphatic heterocycles. The molecule has 6 heteroatoms. The van der Waals surface area contributed by atoms with Gasteiger partial charge in [0.2, 0.25) is 5.88 Å². The summed E-state index contributed by atoms with van der Waals surface area (Å²) in [5.74, 6) is 2.51. The first-order valence-corrected chi connectivity index (χ1v) is 9.53. The Kier molecular flexibility index (Phi) is 5.94. The fourth-order valence-electron chi connectivity index (χ4n) is 2.91. The molecule has 0 radical (unpaired) electrons. The minimum absolute atomic E-state index is 0.209. The number of hydrogen-bond donors (Lipinski definition) is 1. The van der Waals surface area contributed by atoms with Gasteiger partial charge in [0.25, 0.3) is 5.91 Å². The van der Waals surface area contributed by atoms with Gasteiger partial charge in [-0.3, -0.25) is 9.69 Å². The zero-order valence-electron chi connectivity index (χ0n) is 14.6. The van der Waals surface area contributed by atoms with Gasteiger partial charge >= 0.3 is 0 Å². The highest BCUT2D eigenvalue weighted by Gasteiger charge is 2.16. The van der Waals surface area contributed by atoms with Gasteiger partial charge in [-0.15, -0.1) is 0 Å². The second-order valence-corrected chi connectivity index (χ2v) is 7.22. The molecule has 0 atom stereocenters. The molecule has 1 amide bonds. The van der Waals surface area contributed by atoms with Crippen LogP contribution in [-0.2, 0) is 6.54 Å². The number of aromatic nitrogens is 1. The van der Waals surface area contributed by atoms with Crippen LogP contribution in [0.1, 0.15) is 21.5 Å². The molecule has 0 bridgehead atoms. The van der Waals surface area contributed by atoms with Crippen molar-refractivity contribution in [1.29, 1.82) is 0 Å². The third-order valence-corrected chi connectivity index (χ3v) is 5.34. The lowest BCUT2D eigenvalue weighted by Crippen LogP contribution is -2.32. The van der Waals surface area contributed by atoms with Gasteiger partial charge in [0.1, 0.15) is 5.56 Å². The third kappa shape index (κ3) is 4.32. The van der Waals surface area contributed by atoms with Crippen LogP contribution in [0.5, 0.6) is 5.88 Å². The van der Waals surface area contributed by atoms with Gasteiger partial charge in [-0.05, 0) is 36.2 Å². The monoisotopic (exact) mass is 357 g/mol. The Morgan fingerprint density at radius 2 is 2.08 bits per heavy atom. The molecule has 1 saturated heterocycles. The first kappa shape index (κ1) is 17.8. The molecule has 1 fully saturated rings. The number of ether oxygens (including phenoxy) is 1. The molecule has 5 nitrogen and oxygen atoms in total. The van der Waals surface area contributed by atoms with Crippen LogP contribution in [0.2, 0.25) is 0 Å². The lowest BCUT2D eigenvalue weighted by Gasteiger charge is -2.27. The average molecular weight is 357 g/mol. The SMILES string of the molecule is COc1ncccc1C(=O)Nc1cccc(CN2CCSCC2)c1C. The normalized spacial score (nSPS) is 15.0. The number of benzene rings is 1. The summed E-state index contributed by atoms with van der Waals surface area (Å²) in [5.41, 5.74) is 3.63.